The minimum atomic E-state index is -4.66. The number of hydrogen-bond donors (Lipinski definition) is 0. The van der Waals surface area contributed by atoms with Gasteiger partial charge in [-0.25, -0.2) is 14.8 Å². The van der Waals surface area contributed by atoms with Crippen molar-refractivity contribution in [3.05, 3.63) is 65.5 Å². The zero-order valence-electron chi connectivity index (χ0n) is 17.7. The lowest BCUT2D eigenvalue weighted by molar-refractivity contribution is -0.144. The van der Waals surface area contributed by atoms with Crippen molar-refractivity contribution in [3.8, 4) is 0 Å². The molecule has 1 saturated heterocycles. The number of halogens is 3. The summed E-state index contributed by atoms with van der Waals surface area (Å²) in [4.78, 5) is 21.6. The Hall–Kier alpha value is -3.16. The number of carbonyl (C=O) groups excluding carboxylic acids is 1. The normalized spacial score (nSPS) is 15.2. The molecule has 0 spiro atoms. The Kier molecular flexibility index (Phi) is 6.30. The van der Waals surface area contributed by atoms with Gasteiger partial charge in [0.15, 0.2) is 0 Å². The molecule has 3 aromatic rings. The predicted molar refractivity (Wildman–Crippen MR) is 116 cm³/mol. The summed E-state index contributed by atoms with van der Waals surface area (Å²) in [5, 5.41) is 0.421. The Morgan fingerprint density at radius 2 is 1.81 bits per heavy atom. The Morgan fingerprint density at radius 3 is 2.47 bits per heavy atom. The summed E-state index contributed by atoms with van der Waals surface area (Å²) in [5.74, 6) is -1.03. The molecule has 0 N–H and O–H groups in total. The number of carbonyl (C=O) groups is 1. The monoisotopic (exact) mass is 443 g/mol. The van der Waals surface area contributed by atoms with Crippen LogP contribution in [0.25, 0.3) is 10.9 Å². The molecule has 168 valence electrons. The van der Waals surface area contributed by atoms with Gasteiger partial charge in [0, 0.05) is 18.5 Å². The highest BCUT2D eigenvalue weighted by Crippen LogP contribution is 2.34. The Bertz CT molecular complexity index is 1090. The van der Waals surface area contributed by atoms with Crippen molar-refractivity contribution in [3.63, 3.8) is 0 Å². The van der Waals surface area contributed by atoms with E-state index >= 15 is 0 Å². The van der Waals surface area contributed by atoms with E-state index in [-0.39, 0.29) is 23.5 Å². The zero-order valence-corrected chi connectivity index (χ0v) is 17.7. The Balaban J connectivity index is 1.63. The van der Waals surface area contributed by atoms with Gasteiger partial charge in [-0.2, -0.15) is 13.2 Å². The maximum absolute atomic E-state index is 13.5. The van der Waals surface area contributed by atoms with E-state index in [2.05, 4.69) is 22.1 Å². The van der Waals surface area contributed by atoms with Crippen LogP contribution in [-0.4, -0.2) is 35.6 Å². The third-order valence-corrected chi connectivity index (χ3v) is 5.72. The quantitative estimate of drug-likeness (QED) is 0.502. The van der Waals surface area contributed by atoms with Gasteiger partial charge in [0.25, 0.3) is 0 Å². The number of ether oxygens (including phenoxy) is 1. The van der Waals surface area contributed by atoms with Gasteiger partial charge in [-0.15, -0.1) is 0 Å². The molecule has 5 nitrogen and oxygen atoms in total. The topological polar surface area (TPSA) is 55.3 Å². The minimum absolute atomic E-state index is 0.154. The molecule has 0 bridgehead atoms. The highest BCUT2D eigenvalue weighted by atomic mass is 19.4. The van der Waals surface area contributed by atoms with Crippen molar-refractivity contribution >= 4 is 22.7 Å². The highest BCUT2D eigenvalue weighted by molar-refractivity contribution is 5.98. The third-order valence-electron chi connectivity index (χ3n) is 5.72. The van der Waals surface area contributed by atoms with Crippen LogP contribution in [0.1, 0.15) is 41.5 Å². The second kappa shape index (κ2) is 9.14. The molecule has 1 aromatic heterocycles. The number of hydrogen-bond acceptors (Lipinski definition) is 5. The smallest absolute Gasteiger partial charge is 0.451 e. The van der Waals surface area contributed by atoms with Gasteiger partial charge >= 0.3 is 12.1 Å². The van der Waals surface area contributed by atoms with Gasteiger partial charge in [-0.3, -0.25) is 0 Å². The number of benzene rings is 2. The third kappa shape index (κ3) is 4.84. The van der Waals surface area contributed by atoms with Crippen molar-refractivity contribution < 1.29 is 22.7 Å². The molecule has 0 aliphatic carbocycles. The Labute approximate surface area is 184 Å². The number of nitrogens with zero attached hydrogens (tertiary/aromatic N) is 3. The minimum Gasteiger partial charge on any atom is -0.462 e. The molecule has 0 radical (unpaired) electrons. The number of fused-ring (bicyclic) bond motifs is 1. The fourth-order valence-corrected chi connectivity index (χ4v) is 4.12. The first-order chi connectivity index (χ1) is 15.3. The molecule has 0 atom stereocenters. The number of alkyl halides is 3. The van der Waals surface area contributed by atoms with E-state index in [0.29, 0.717) is 24.4 Å². The van der Waals surface area contributed by atoms with Gasteiger partial charge in [0.05, 0.1) is 17.7 Å². The van der Waals surface area contributed by atoms with Crippen LogP contribution in [0.4, 0.5) is 19.0 Å². The first-order valence-electron chi connectivity index (χ1n) is 10.7. The van der Waals surface area contributed by atoms with Crippen LogP contribution < -0.4 is 4.90 Å². The first kappa shape index (κ1) is 22.0. The van der Waals surface area contributed by atoms with Crippen molar-refractivity contribution in [2.45, 2.75) is 32.4 Å². The molecule has 8 heteroatoms. The molecule has 1 fully saturated rings. The van der Waals surface area contributed by atoms with Crippen molar-refractivity contribution in [1.82, 2.24) is 9.97 Å². The van der Waals surface area contributed by atoms with Gasteiger partial charge in [0.2, 0.25) is 5.82 Å². The number of anilines is 1. The summed E-state index contributed by atoms with van der Waals surface area (Å²) in [7, 11) is 0. The standard InChI is InChI=1S/C24H24F3N3O2/c1-2-32-22(31)18-8-9-20-19(15-18)21(29-23(28-20)24(25,26)27)30-12-10-17(11-13-30)14-16-6-4-3-5-7-16/h3-9,15,17H,2,10-14H2,1H3. The summed E-state index contributed by atoms with van der Waals surface area (Å²) < 4.78 is 45.4. The van der Waals surface area contributed by atoms with E-state index in [1.54, 1.807) is 6.92 Å². The van der Waals surface area contributed by atoms with Crippen LogP contribution in [0.3, 0.4) is 0 Å². The summed E-state index contributed by atoms with van der Waals surface area (Å²) in [6, 6.07) is 14.6. The van der Waals surface area contributed by atoms with Crippen molar-refractivity contribution in [2.24, 2.45) is 5.92 Å². The lowest BCUT2D eigenvalue weighted by Gasteiger charge is -2.33. The summed E-state index contributed by atoms with van der Waals surface area (Å²) >= 11 is 0. The Morgan fingerprint density at radius 1 is 1.09 bits per heavy atom. The van der Waals surface area contributed by atoms with Crippen LogP contribution >= 0.6 is 0 Å². The van der Waals surface area contributed by atoms with Crippen LogP contribution in [-0.2, 0) is 17.3 Å². The fourth-order valence-electron chi connectivity index (χ4n) is 4.12. The second-order valence-corrected chi connectivity index (χ2v) is 7.94. The molecule has 1 aliphatic heterocycles. The second-order valence-electron chi connectivity index (χ2n) is 7.94. The van der Waals surface area contributed by atoms with E-state index in [9.17, 15) is 18.0 Å². The summed E-state index contributed by atoms with van der Waals surface area (Å²) in [6.45, 7) is 3.08. The SMILES string of the molecule is CCOC(=O)c1ccc2nc(C(F)(F)F)nc(N3CCC(Cc4ccccc4)CC3)c2c1. The fraction of sp³-hybridized carbons (Fsp3) is 0.375. The van der Waals surface area contributed by atoms with E-state index in [4.69, 9.17) is 4.74 Å². The number of rotatable bonds is 5. The van der Waals surface area contributed by atoms with Gasteiger partial charge in [-0.1, -0.05) is 30.3 Å². The predicted octanol–water partition coefficient (Wildman–Crippen LogP) is 5.28. The van der Waals surface area contributed by atoms with Gasteiger partial charge < -0.3 is 9.64 Å². The van der Waals surface area contributed by atoms with E-state index in [1.165, 1.54) is 23.8 Å². The lowest BCUT2D eigenvalue weighted by atomic mass is 9.90. The maximum atomic E-state index is 13.5. The molecule has 32 heavy (non-hydrogen) atoms. The molecule has 4 rings (SSSR count). The zero-order chi connectivity index (χ0) is 22.7. The van der Waals surface area contributed by atoms with Crippen LogP contribution in [0, 0.1) is 5.92 Å². The molecule has 0 unspecified atom stereocenters. The van der Waals surface area contributed by atoms with E-state index in [1.807, 2.05) is 23.1 Å². The van der Waals surface area contributed by atoms with Crippen LogP contribution in [0.2, 0.25) is 0 Å². The van der Waals surface area contributed by atoms with E-state index < -0.39 is 18.0 Å². The molecular formula is C24H24F3N3O2. The maximum Gasteiger partial charge on any atom is 0.451 e. The first-order valence-corrected chi connectivity index (χ1v) is 10.7. The molecule has 0 saturated carbocycles. The number of aromatic nitrogens is 2. The van der Waals surface area contributed by atoms with Crippen molar-refractivity contribution in [1.29, 1.82) is 0 Å². The largest absolute Gasteiger partial charge is 0.462 e. The highest BCUT2D eigenvalue weighted by Gasteiger charge is 2.36. The van der Waals surface area contributed by atoms with E-state index in [0.717, 1.165) is 19.3 Å². The van der Waals surface area contributed by atoms with Crippen LogP contribution in [0.5, 0.6) is 0 Å². The average Bonchev–Trinajstić information content (AvgIpc) is 2.79. The molecular weight excluding hydrogens is 419 g/mol. The molecule has 2 aromatic carbocycles. The summed E-state index contributed by atoms with van der Waals surface area (Å²) in [6.07, 6.45) is -2.02. The molecule has 0 amide bonds. The van der Waals surface area contributed by atoms with Gasteiger partial charge in [0.1, 0.15) is 5.82 Å². The number of piperidine rings is 1. The van der Waals surface area contributed by atoms with Gasteiger partial charge in [-0.05, 0) is 55.9 Å². The van der Waals surface area contributed by atoms with Crippen LogP contribution in [0.15, 0.2) is 48.5 Å². The number of esters is 1. The molecule has 2 heterocycles. The average molecular weight is 443 g/mol. The lowest BCUT2D eigenvalue weighted by Crippen LogP contribution is -2.35. The summed E-state index contributed by atoms with van der Waals surface area (Å²) in [5.41, 5.74) is 1.68. The molecule has 1 aliphatic rings. The van der Waals surface area contributed by atoms with Crippen molar-refractivity contribution in [2.75, 3.05) is 24.6 Å².